The number of rotatable bonds is 0. The lowest BCUT2D eigenvalue weighted by molar-refractivity contribution is -0.123. The molecule has 31 heavy (non-hydrogen) atoms. The average molecular weight is 426 g/mol. The number of hydrogen-bond donors (Lipinski definition) is 2. The van der Waals surface area contributed by atoms with E-state index in [-0.39, 0.29) is 29.1 Å². The van der Waals surface area contributed by atoms with Crippen molar-refractivity contribution in [2.75, 3.05) is 6.54 Å². The van der Waals surface area contributed by atoms with Crippen LogP contribution in [0.15, 0.2) is 22.8 Å². The summed E-state index contributed by atoms with van der Waals surface area (Å²) in [5, 5.41) is 14.0. The van der Waals surface area contributed by atoms with Crippen LogP contribution in [0.3, 0.4) is 0 Å². The Morgan fingerprint density at radius 1 is 1.23 bits per heavy atom. The Balaban J connectivity index is 1.39. The van der Waals surface area contributed by atoms with Crippen molar-refractivity contribution in [3.8, 4) is 0 Å². The van der Waals surface area contributed by atoms with Crippen molar-refractivity contribution in [2.45, 2.75) is 96.5 Å². The molecule has 0 aromatic carbocycles. The Kier molecular flexibility index (Phi) is 4.51. The molecule has 2 N–H and O–H groups in total. The van der Waals surface area contributed by atoms with E-state index in [2.05, 4.69) is 39.1 Å². The molecule has 10 atom stereocenters. The monoisotopic (exact) mass is 425 g/mol. The summed E-state index contributed by atoms with van der Waals surface area (Å²) in [7, 11) is 0. The summed E-state index contributed by atoms with van der Waals surface area (Å²) in [6.45, 7) is 10.3. The van der Waals surface area contributed by atoms with Gasteiger partial charge in [-0.25, -0.2) is 0 Å². The maximum Gasteiger partial charge on any atom is 0.163 e. The van der Waals surface area contributed by atoms with E-state index in [1.807, 2.05) is 0 Å². The predicted molar refractivity (Wildman–Crippen MR) is 120 cm³/mol. The SMILES string of the molecule is CC1=C2C(=O)[C@H]3[C@@H](CC=C4C[C@@H](O)CC[C@@]43C)C2CC[C@]12O[C@@H]1C[C@H](C)CN[C@H]1[C@H]2C. The first-order valence-corrected chi connectivity index (χ1v) is 12.8. The molecule has 4 aliphatic carbocycles. The second-order valence-corrected chi connectivity index (χ2v) is 12.1. The van der Waals surface area contributed by atoms with Gasteiger partial charge in [-0.3, -0.25) is 4.79 Å². The van der Waals surface area contributed by atoms with Crippen LogP contribution >= 0.6 is 0 Å². The number of fused-ring (bicyclic) bond motifs is 6. The molecule has 1 spiro atoms. The van der Waals surface area contributed by atoms with Crippen molar-refractivity contribution >= 4 is 5.78 Å². The summed E-state index contributed by atoms with van der Waals surface area (Å²) in [5.74, 6) is 2.41. The number of aliphatic hydroxyl groups excluding tert-OH is 1. The number of ketones is 1. The Morgan fingerprint density at radius 3 is 2.84 bits per heavy atom. The standard InChI is InChI=1S/C27H39NO3/c1-14-11-21-24(28-13-14)16(3)27(31-21)10-8-19-20-6-5-17-12-18(29)7-9-26(17,4)23(20)25(30)22(19)15(27)2/h5,14,16,18-21,23-24,28-29H,6-13H2,1-4H3/t14-,16+,18-,19?,20-,21+,23+,24-,26-,27-/m0/s1. The van der Waals surface area contributed by atoms with E-state index >= 15 is 0 Å². The van der Waals surface area contributed by atoms with E-state index < -0.39 is 0 Å². The van der Waals surface area contributed by atoms with Crippen LogP contribution in [0.2, 0.25) is 0 Å². The van der Waals surface area contributed by atoms with Gasteiger partial charge in [0.1, 0.15) is 0 Å². The second kappa shape index (κ2) is 6.77. The summed E-state index contributed by atoms with van der Waals surface area (Å²) in [6.07, 6.45) is 9.23. The number of allylic oxidation sites excluding steroid dienone is 2. The number of nitrogens with one attached hydrogen (secondary N) is 1. The molecule has 4 heteroatoms. The maximum absolute atomic E-state index is 14.1. The van der Waals surface area contributed by atoms with Crippen molar-refractivity contribution in [1.82, 2.24) is 5.32 Å². The Bertz CT molecular complexity index is 876. The Labute approximate surface area is 186 Å². The van der Waals surface area contributed by atoms with Gasteiger partial charge in [-0.05, 0) is 87.2 Å². The first-order valence-electron chi connectivity index (χ1n) is 12.8. The molecule has 4 fully saturated rings. The average Bonchev–Trinajstić information content (AvgIpc) is 3.18. The molecule has 0 aromatic heterocycles. The fraction of sp³-hybridized carbons (Fsp3) is 0.815. The number of piperidine rings is 1. The lowest BCUT2D eigenvalue weighted by Gasteiger charge is -2.48. The van der Waals surface area contributed by atoms with Crippen molar-refractivity contribution in [1.29, 1.82) is 0 Å². The van der Waals surface area contributed by atoms with Crippen LogP contribution in [0.4, 0.5) is 0 Å². The van der Waals surface area contributed by atoms with E-state index in [0.29, 0.717) is 35.5 Å². The maximum atomic E-state index is 14.1. The fourth-order valence-electron chi connectivity index (χ4n) is 8.93. The zero-order valence-corrected chi connectivity index (χ0v) is 19.6. The highest BCUT2D eigenvalue weighted by molar-refractivity contribution is 6.02. The third-order valence-corrected chi connectivity index (χ3v) is 10.6. The molecule has 0 aromatic rings. The van der Waals surface area contributed by atoms with E-state index in [4.69, 9.17) is 4.74 Å². The molecule has 2 saturated heterocycles. The molecule has 6 rings (SSSR count). The predicted octanol–water partition coefficient (Wildman–Crippen LogP) is 4.18. The van der Waals surface area contributed by atoms with Gasteiger partial charge in [0.2, 0.25) is 0 Å². The van der Waals surface area contributed by atoms with Crippen LogP contribution in [-0.4, -0.2) is 41.3 Å². The molecule has 6 aliphatic rings. The molecular formula is C27H39NO3. The van der Waals surface area contributed by atoms with E-state index in [0.717, 1.165) is 57.1 Å². The van der Waals surface area contributed by atoms with E-state index in [1.54, 1.807) is 0 Å². The fourth-order valence-corrected chi connectivity index (χ4v) is 8.93. The number of aliphatic hydroxyl groups is 1. The van der Waals surface area contributed by atoms with Gasteiger partial charge in [-0.2, -0.15) is 0 Å². The summed E-state index contributed by atoms with van der Waals surface area (Å²) in [4.78, 5) is 14.1. The smallest absolute Gasteiger partial charge is 0.163 e. The highest BCUT2D eigenvalue weighted by Gasteiger charge is 2.63. The molecule has 0 amide bonds. The van der Waals surface area contributed by atoms with Gasteiger partial charge in [0.05, 0.1) is 17.8 Å². The van der Waals surface area contributed by atoms with Crippen molar-refractivity contribution in [3.05, 3.63) is 22.8 Å². The Morgan fingerprint density at radius 2 is 2.03 bits per heavy atom. The zero-order chi connectivity index (χ0) is 21.7. The highest BCUT2D eigenvalue weighted by atomic mass is 16.5. The first kappa shape index (κ1) is 20.6. The lowest BCUT2D eigenvalue weighted by atomic mass is 9.56. The topological polar surface area (TPSA) is 58.6 Å². The number of hydrogen-bond acceptors (Lipinski definition) is 4. The molecule has 4 nitrogen and oxygen atoms in total. The zero-order valence-electron chi connectivity index (χ0n) is 19.6. The molecule has 2 aliphatic heterocycles. The van der Waals surface area contributed by atoms with Gasteiger partial charge in [0.25, 0.3) is 0 Å². The summed E-state index contributed by atoms with van der Waals surface area (Å²) in [5.41, 5.74) is 3.43. The van der Waals surface area contributed by atoms with Gasteiger partial charge in [-0.15, -0.1) is 0 Å². The molecular weight excluding hydrogens is 386 g/mol. The van der Waals surface area contributed by atoms with Gasteiger partial charge in [0.15, 0.2) is 5.78 Å². The number of carbonyl (C=O) groups is 1. The minimum atomic E-state index is -0.263. The van der Waals surface area contributed by atoms with Crippen LogP contribution in [0.5, 0.6) is 0 Å². The van der Waals surface area contributed by atoms with E-state index in [1.165, 1.54) is 11.1 Å². The number of ether oxygens (including phenoxy) is 1. The van der Waals surface area contributed by atoms with Crippen molar-refractivity contribution in [3.63, 3.8) is 0 Å². The number of carbonyl (C=O) groups excluding carboxylic acids is 1. The van der Waals surface area contributed by atoms with Gasteiger partial charge in [-0.1, -0.05) is 32.4 Å². The third-order valence-electron chi connectivity index (χ3n) is 10.6. The second-order valence-electron chi connectivity index (χ2n) is 12.1. The van der Waals surface area contributed by atoms with Crippen molar-refractivity contribution in [2.24, 2.45) is 35.0 Å². The highest BCUT2D eigenvalue weighted by Crippen LogP contribution is 2.63. The van der Waals surface area contributed by atoms with Crippen LogP contribution in [0.25, 0.3) is 0 Å². The molecule has 2 saturated carbocycles. The minimum Gasteiger partial charge on any atom is -0.393 e. The molecule has 0 radical (unpaired) electrons. The normalized spacial score (nSPS) is 53.7. The summed E-state index contributed by atoms with van der Waals surface area (Å²) in [6, 6.07) is 0.410. The first-order chi connectivity index (χ1) is 14.8. The van der Waals surface area contributed by atoms with Crippen LogP contribution in [0, 0.1) is 35.0 Å². The van der Waals surface area contributed by atoms with E-state index in [9.17, 15) is 9.90 Å². The van der Waals surface area contributed by atoms with Gasteiger partial charge >= 0.3 is 0 Å². The van der Waals surface area contributed by atoms with Crippen LogP contribution in [0.1, 0.15) is 72.6 Å². The van der Waals surface area contributed by atoms with Crippen LogP contribution < -0.4 is 5.32 Å². The van der Waals surface area contributed by atoms with Gasteiger partial charge in [0, 0.05) is 23.5 Å². The summed E-state index contributed by atoms with van der Waals surface area (Å²) < 4.78 is 6.93. The number of Topliss-reactive ketones (excluding diaryl/α,β-unsaturated/α-hetero) is 1. The summed E-state index contributed by atoms with van der Waals surface area (Å²) >= 11 is 0. The largest absolute Gasteiger partial charge is 0.393 e. The molecule has 0 bridgehead atoms. The van der Waals surface area contributed by atoms with Gasteiger partial charge < -0.3 is 15.2 Å². The molecule has 1 unspecified atom stereocenters. The lowest BCUT2D eigenvalue weighted by Crippen LogP contribution is -2.49. The Hall–Kier alpha value is -0.970. The third kappa shape index (κ3) is 2.62. The molecule has 170 valence electrons. The quantitative estimate of drug-likeness (QED) is 0.572. The minimum absolute atomic E-state index is 0.0653. The van der Waals surface area contributed by atoms with Crippen LogP contribution in [-0.2, 0) is 9.53 Å². The molecule has 2 heterocycles. The van der Waals surface area contributed by atoms with Crippen molar-refractivity contribution < 1.29 is 14.6 Å².